The standard InChI is InChI=1S/C20H24N4O3/c1-3-19(26)21-8-14-4-6-15(7-5-14)20(27)24-11-17(13-25)18(12-24)16-9-22-23(2)10-16/h3-7,9-10,17-18,25H,1,8,11-13H2,2H3,(H,21,26)/t17-,18-/m0/s1. The van der Waals surface area contributed by atoms with Crippen molar-refractivity contribution in [1.29, 1.82) is 0 Å². The minimum Gasteiger partial charge on any atom is -0.396 e. The fourth-order valence-corrected chi connectivity index (χ4v) is 3.44. The van der Waals surface area contributed by atoms with Crippen LogP contribution < -0.4 is 5.32 Å². The van der Waals surface area contributed by atoms with Gasteiger partial charge in [-0.25, -0.2) is 0 Å². The number of hydrogen-bond acceptors (Lipinski definition) is 4. The van der Waals surface area contributed by atoms with Gasteiger partial charge in [0.25, 0.3) is 5.91 Å². The second kappa shape index (κ2) is 8.18. The predicted octanol–water partition coefficient (Wildman–Crippen LogP) is 1.07. The minimum atomic E-state index is -0.233. The molecule has 0 spiro atoms. The van der Waals surface area contributed by atoms with E-state index >= 15 is 0 Å². The third-order valence-electron chi connectivity index (χ3n) is 4.97. The molecule has 0 saturated carbocycles. The van der Waals surface area contributed by atoms with E-state index in [1.54, 1.807) is 27.9 Å². The third-order valence-corrected chi connectivity index (χ3v) is 4.97. The molecule has 2 atom stereocenters. The van der Waals surface area contributed by atoms with Crippen LogP contribution in [0.5, 0.6) is 0 Å². The largest absolute Gasteiger partial charge is 0.396 e. The van der Waals surface area contributed by atoms with Crippen molar-refractivity contribution in [1.82, 2.24) is 20.0 Å². The van der Waals surface area contributed by atoms with E-state index < -0.39 is 0 Å². The number of aliphatic hydroxyl groups excluding tert-OH is 1. The van der Waals surface area contributed by atoms with Crippen LogP contribution in [-0.2, 0) is 18.4 Å². The first-order valence-corrected chi connectivity index (χ1v) is 8.89. The Kier molecular flexibility index (Phi) is 5.71. The van der Waals surface area contributed by atoms with Gasteiger partial charge in [-0.1, -0.05) is 18.7 Å². The normalized spacial score (nSPS) is 19.1. The summed E-state index contributed by atoms with van der Waals surface area (Å²) in [5.74, 6) is -0.196. The third kappa shape index (κ3) is 4.25. The molecular weight excluding hydrogens is 344 g/mol. The molecule has 2 heterocycles. The fourth-order valence-electron chi connectivity index (χ4n) is 3.44. The molecule has 2 aromatic rings. The lowest BCUT2D eigenvalue weighted by Gasteiger charge is -2.16. The van der Waals surface area contributed by atoms with Crippen molar-refractivity contribution in [2.75, 3.05) is 19.7 Å². The molecule has 7 heteroatoms. The molecule has 7 nitrogen and oxygen atoms in total. The average Bonchev–Trinajstić information content (AvgIpc) is 3.31. The van der Waals surface area contributed by atoms with Gasteiger partial charge in [0.05, 0.1) is 6.20 Å². The van der Waals surface area contributed by atoms with Crippen molar-refractivity contribution in [2.24, 2.45) is 13.0 Å². The quantitative estimate of drug-likeness (QED) is 0.747. The Morgan fingerprint density at radius 3 is 2.67 bits per heavy atom. The smallest absolute Gasteiger partial charge is 0.253 e. The number of hydrogen-bond donors (Lipinski definition) is 2. The minimum absolute atomic E-state index is 0.00605. The van der Waals surface area contributed by atoms with Crippen LogP contribution >= 0.6 is 0 Å². The number of nitrogens with one attached hydrogen (secondary N) is 1. The zero-order valence-electron chi connectivity index (χ0n) is 15.3. The summed E-state index contributed by atoms with van der Waals surface area (Å²) < 4.78 is 1.73. The van der Waals surface area contributed by atoms with Gasteiger partial charge in [0.15, 0.2) is 0 Å². The maximum absolute atomic E-state index is 12.9. The van der Waals surface area contributed by atoms with E-state index in [2.05, 4.69) is 17.0 Å². The van der Waals surface area contributed by atoms with E-state index in [4.69, 9.17) is 0 Å². The van der Waals surface area contributed by atoms with E-state index in [0.717, 1.165) is 11.1 Å². The fraction of sp³-hybridized carbons (Fsp3) is 0.350. The molecule has 1 fully saturated rings. The molecular formula is C20H24N4O3. The topological polar surface area (TPSA) is 87.5 Å². The molecule has 0 bridgehead atoms. The lowest BCUT2D eigenvalue weighted by atomic mass is 9.92. The Labute approximate surface area is 158 Å². The second-order valence-corrected chi connectivity index (χ2v) is 6.83. The Bertz CT molecular complexity index is 828. The highest BCUT2D eigenvalue weighted by atomic mass is 16.3. The zero-order chi connectivity index (χ0) is 19.4. The average molecular weight is 368 g/mol. The maximum atomic E-state index is 12.9. The summed E-state index contributed by atoms with van der Waals surface area (Å²) in [4.78, 5) is 25.9. The Morgan fingerprint density at radius 2 is 2.07 bits per heavy atom. The number of likely N-dealkylation sites (tertiary alicyclic amines) is 1. The summed E-state index contributed by atoms with van der Waals surface area (Å²) in [6.45, 7) is 4.91. The zero-order valence-corrected chi connectivity index (χ0v) is 15.3. The van der Waals surface area contributed by atoms with Crippen molar-refractivity contribution in [3.63, 3.8) is 0 Å². The highest BCUT2D eigenvalue weighted by molar-refractivity contribution is 5.94. The monoisotopic (exact) mass is 368 g/mol. The molecule has 142 valence electrons. The molecule has 27 heavy (non-hydrogen) atoms. The molecule has 1 aromatic heterocycles. The van der Waals surface area contributed by atoms with Crippen molar-refractivity contribution in [2.45, 2.75) is 12.5 Å². The van der Waals surface area contributed by atoms with Crippen molar-refractivity contribution < 1.29 is 14.7 Å². The van der Waals surface area contributed by atoms with Gasteiger partial charge in [-0.05, 0) is 29.3 Å². The molecule has 2 N–H and O–H groups in total. The first kappa shape index (κ1) is 18.8. The number of amides is 2. The van der Waals surface area contributed by atoms with Gasteiger partial charge >= 0.3 is 0 Å². The van der Waals surface area contributed by atoms with Crippen LogP contribution in [0, 0.1) is 5.92 Å². The first-order valence-electron chi connectivity index (χ1n) is 8.89. The van der Waals surface area contributed by atoms with E-state index in [0.29, 0.717) is 25.2 Å². The van der Waals surface area contributed by atoms with Gasteiger partial charge in [-0.2, -0.15) is 5.10 Å². The summed E-state index contributed by atoms with van der Waals surface area (Å²) in [5.41, 5.74) is 2.54. The highest BCUT2D eigenvalue weighted by Crippen LogP contribution is 2.33. The van der Waals surface area contributed by atoms with Crippen molar-refractivity contribution >= 4 is 11.8 Å². The number of nitrogens with zero attached hydrogens (tertiary/aromatic N) is 3. The summed E-state index contributed by atoms with van der Waals surface area (Å²) in [7, 11) is 1.86. The van der Waals surface area contributed by atoms with Gasteiger partial charge in [-0.3, -0.25) is 14.3 Å². The SMILES string of the molecule is C=CC(=O)NCc1ccc(C(=O)N2C[C@@H](CO)[C@H](c3cnn(C)c3)C2)cc1. The maximum Gasteiger partial charge on any atom is 0.253 e. The molecule has 0 radical (unpaired) electrons. The second-order valence-electron chi connectivity index (χ2n) is 6.83. The molecule has 3 rings (SSSR count). The highest BCUT2D eigenvalue weighted by Gasteiger charge is 2.36. The van der Waals surface area contributed by atoms with Gasteiger partial charge in [-0.15, -0.1) is 0 Å². The number of carbonyl (C=O) groups excluding carboxylic acids is 2. The number of rotatable bonds is 6. The van der Waals surface area contributed by atoms with Gasteiger partial charge in [0.2, 0.25) is 5.91 Å². The first-order chi connectivity index (χ1) is 13.0. The molecule has 1 aliphatic heterocycles. The van der Waals surface area contributed by atoms with Crippen LogP contribution in [0.2, 0.25) is 0 Å². The molecule has 1 aliphatic rings. The van der Waals surface area contributed by atoms with Crippen molar-refractivity contribution in [3.8, 4) is 0 Å². The summed E-state index contributed by atoms with van der Waals surface area (Å²) in [5, 5.41) is 16.6. The number of aromatic nitrogens is 2. The van der Waals surface area contributed by atoms with Crippen LogP contribution in [0.4, 0.5) is 0 Å². The number of aliphatic hydroxyl groups is 1. The summed E-state index contributed by atoms with van der Waals surface area (Å²) in [6, 6.07) is 7.19. The van der Waals surface area contributed by atoms with Crippen LogP contribution in [0.1, 0.15) is 27.4 Å². The van der Waals surface area contributed by atoms with E-state index in [9.17, 15) is 14.7 Å². The van der Waals surface area contributed by atoms with Gasteiger partial charge in [0, 0.05) is 56.9 Å². The molecule has 0 aliphatic carbocycles. The van der Waals surface area contributed by atoms with Crippen molar-refractivity contribution in [3.05, 3.63) is 66.0 Å². The Balaban J connectivity index is 1.66. The Morgan fingerprint density at radius 1 is 1.33 bits per heavy atom. The van der Waals surface area contributed by atoms with Crippen LogP contribution in [0.25, 0.3) is 0 Å². The van der Waals surface area contributed by atoms with Gasteiger partial charge in [0.1, 0.15) is 0 Å². The van der Waals surface area contributed by atoms with E-state index in [1.165, 1.54) is 6.08 Å². The summed E-state index contributed by atoms with van der Waals surface area (Å²) in [6.07, 6.45) is 4.96. The predicted molar refractivity (Wildman–Crippen MR) is 101 cm³/mol. The van der Waals surface area contributed by atoms with E-state index in [1.807, 2.05) is 25.4 Å². The number of aryl methyl sites for hydroxylation is 1. The van der Waals surface area contributed by atoms with E-state index in [-0.39, 0.29) is 30.3 Å². The summed E-state index contributed by atoms with van der Waals surface area (Å²) >= 11 is 0. The van der Waals surface area contributed by atoms with Crippen LogP contribution in [-0.4, -0.2) is 51.3 Å². The molecule has 1 saturated heterocycles. The van der Waals surface area contributed by atoms with Crippen LogP contribution in [0.15, 0.2) is 49.3 Å². The molecule has 1 aromatic carbocycles. The lowest BCUT2D eigenvalue weighted by Crippen LogP contribution is -2.29. The molecule has 0 unspecified atom stereocenters. The van der Waals surface area contributed by atoms with Crippen LogP contribution in [0.3, 0.4) is 0 Å². The molecule has 2 amide bonds. The lowest BCUT2D eigenvalue weighted by molar-refractivity contribution is -0.116. The number of benzene rings is 1. The van der Waals surface area contributed by atoms with Gasteiger partial charge < -0.3 is 15.3 Å². The Hall–Kier alpha value is -2.93. The number of carbonyl (C=O) groups is 2.